The monoisotopic (exact) mass is 435 g/mol. The van der Waals surface area contributed by atoms with Gasteiger partial charge in [-0.3, -0.25) is 14.2 Å². The van der Waals surface area contributed by atoms with Crippen LogP contribution in [0.25, 0.3) is 10.2 Å². The zero-order valence-electron chi connectivity index (χ0n) is 17.3. The zero-order chi connectivity index (χ0) is 20.5. The van der Waals surface area contributed by atoms with E-state index in [-0.39, 0.29) is 28.9 Å². The third kappa shape index (κ3) is 4.39. The van der Waals surface area contributed by atoms with Gasteiger partial charge in [-0.1, -0.05) is 11.8 Å². The van der Waals surface area contributed by atoms with E-state index in [9.17, 15) is 9.59 Å². The normalized spacial score (nSPS) is 20.2. The molecule has 1 fully saturated rings. The summed E-state index contributed by atoms with van der Waals surface area (Å²) in [5.74, 6) is -0.0338. The van der Waals surface area contributed by atoms with Gasteiger partial charge in [0.2, 0.25) is 5.91 Å². The number of aromatic nitrogens is 2. The Morgan fingerprint density at radius 3 is 2.83 bits per heavy atom. The summed E-state index contributed by atoms with van der Waals surface area (Å²) in [7, 11) is 0. The van der Waals surface area contributed by atoms with Crippen molar-refractivity contribution in [1.82, 2.24) is 14.9 Å². The molecule has 6 nitrogen and oxygen atoms in total. The SMILES string of the molecule is CC(C)NC(=O)C(C)Sc1nc2sc3c(c2c(=O)n1CC1CCCO1)CCCC3. The molecule has 2 unspecified atom stereocenters. The van der Waals surface area contributed by atoms with Gasteiger partial charge in [0.25, 0.3) is 5.56 Å². The Hall–Kier alpha value is -1.38. The third-order valence-electron chi connectivity index (χ3n) is 5.53. The first-order chi connectivity index (χ1) is 13.9. The molecule has 8 heteroatoms. The van der Waals surface area contributed by atoms with Gasteiger partial charge >= 0.3 is 0 Å². The predicted octanol–water partition coefficient (Wildman–Crippen LogP) is 3.52. The van der Waals surface area contributed by atoms with Crippen LogP contribution in [-0.2, 0) is 28.9 Å². The molecule has 2 aromatic rings. The van der Waals surface area contributed by atoms with Crippen LogP contribution in [0.2, 0.25) is 0 Å². The van der Waals surface area contributed by atoms with Gasteiger partial charge in [0.05, 0.1) is 23.3 Å². The number of ether oxygens (including phenoxy) is 1. The molecule has 0 saturated carbocycles. The third-order valence-corrected chi connectivity index (χ3v) is 7.81. The number of amides is 1. The van der Waals surface area contributed by atoms with Crippen molar-refractivity contribution in [2.45, 2.75) is 88.4 Å². The smallest absolute Gasteiger partial charge is 0.263 e. The van der Waals surface area contributed by atoms with Crippen LogP contribution in [0.4, 0.5) is 0 Å². The molecule has 1 saturated heterocycles. The number of nitrogens with zero attached hydrogens (tertiary/aromatic N) is 2. The number of hydrogen-bond donors (Lipinski definition) is 1. The highest BCUT2D eigenvalue weighted by atomic mass is 32.2. The second kappa shape index (κ2) is 8.78. The molecule has 0 bridgehead atoms. The van der Waals surface area contributed by atoms with Crippen LogP contribution in [0, 0.1) is 0 Å². The van der Waals surface area contributed by atoms with Gasteiger partial charge in [-0.2, -0.15) is 0 Å². The number of thiophene rings is 1. The Morgan fingerprint density at radius 1 is 1.31 bits per heavy atom. The van der Waals surface area contributed by atoms with Crippen molar-refractivity contribution in [3.05, 3.63) is 20.8 Å². The Labute approximate surface area is 179 Å². The average molecular weight is 436 g/mol. The van der Waals surface area contributed by atoms with Crippen LogP contribution in [0.3, 0.4) is 0 Å². The summed E-state index contributed by atoms with van der Waals surface area (Å²) in [5, 5.41) is 4.05. The van der Waals surface area contributed by atoms with Crippen molar-refractivity contribution in [2.24, 2.45) is 0 Å². The summed E-state index contributed by atoms with van der Waals surface area (Å²) in [6, 6.07) is 0.0825. The Morgan fingerprint density at radius 2 is 2.10 bits per heavy atom. The quantitative estimate of drug-likeness (QED) is 0.555. The highest BCUT2D eigenvalue weighted by Crippen LogP contribution is 2.35. The lowest BCUT2D eigenvalue weighted by Gasteiger charge is -2.19. The van der Waals surface area contributed by atoms with Crippen LogP contribution in [0.1, 0.15) is 56.9 Å². The molecule has 3 heterocycles. The molecule has 2 aliphatic rings. The summed E-state index contributed by atoms with van der Waals surface area (Å²) < 4.78 is 7.57. The number of rotatable bonds is 6. The Balaban J connectivity index is 1.74. The van der Waals surface area contributed by atoms with E-state index in [0.29, 0.717) is 11.7 Å². The Bertz CT molecular complexity index is 960. The number of thioether (sulfide) groups is 1. The number of hydrogen-bond acceptors (Lipinski definition) is 6. The standard InChI is InChI=1S/C21H29N3O3S2/c1-12(2)22-18(25)13(3)28-21-23-19-17(15-8-4-5-9-16(15)29-19)20(26)24(21)11-14-7-6-10-27-14/h12-14H,4-11H2,1-3H3,(H,22,25). The van der Waals surface area contributed by atoms with Crippen LogP contribution in [-0.4, -0.2) is 39.5 Å². The van der Waals surface area contributed by atoms with E-state index in [4.69, 9.17) is 9.72 Å². The molecule has 0 spiro atoms. The molecular formula is C21H29N3O3S2. The predicted molar refractivity (Wildman–Crippen MR) is 118 cm³/mol. The molecule has 2 atom stereocenters. The Kier molecular flexibility index (Phi) is 6.32. The lowest BCUT2D eigenvalue weighted by atomic mass is 9.97. The fourth-order valence-electron chi connectivity index (χ4n) is 4.08. The van der Waals surface area contributed by atoms with Gasteiger partial charge in [0.15, 0.2) is 5.16 Å². The van der Waals surface area contributed by atoms with Gasteiger partial charge in [0, 0.05) is 17.5 Å². The van der Waals surface area contributed by atoms with Crippen molar-refractivity contribution in [3.8, 4) is 0 Å². The van der Waals surface area contributed by atoms with Crippen molar-refractivity contribution in [2.75, 3.05) is 6.61 Å². The maximum absolute atomic E-state index is 13.6. The maximum Gasteiger partial charge on any atom is 0.263 e. The first-order valence-electron chi connectivity index (χ1n) is 10.6. The van der Waals surface area contributed by atoms with Crippen molar-refractivity contribution >= 4 is 39.2 Å². The lowest BCUT2D eigenvalue weighted by molar-refractivity contribution is -0.120. The molecule has 0 aromatic carbocycles. The fraction of sp³-hybridized carbons (Fsp3) is 0.667. The van der Waals surface area contributed by atoms with Gasteiger partial charge in [-0.05, 0) is 64.9 Å². The first-order valence-corrected chi connectivity index (χ1v) is 12.3. The van der Waals surface area contributed by atoms with Crippen LogP contribution < -0.4 is 10.9 Å². The fourth-order valence-corrected chi connectivity index (χ4v) is 6.31. The molecule has 158 valence electrons. The van der Waals surface area contributed by atoms with Crippen molar-refractivity contribution in [3.63, 3.8) is 0 Å². The van der Waals surface area contributed by atoms with Crippen LogP contribution >= 0.6 is 23.1 Å². The lowest BCUT2D eigenvalue weighted by Crippen LogP contribution is -2.36. The molecule has 0 radical (unpaired) electrons. The average Bonchev–Trinajstić information content (AvgIpc) is 3.31. The number of carbonyl (C=O) groups excluding carboxylic acids is 1. The van der Waals surface area contributed by atoms with Gasteiger partial charge in [0.1, 0.15) is 4.83 Å². The number of carbonyl (C=O) groups is 1. The molecule has 29 heavy (non-hydrogen) atoms. The first kappa shape index (κ1) is 20.9. The molecule has 1 N–H and O–H groups in total. The minimum atomic E-state index is -0.327. The molecule has 1 amide bonds. The van der Waals surface area contributed by atoms with Crippen LogP contribution in [0.5, 0.6) is 0 Å². The van der Waals surface area contributed by atoms with E-state index in [0.717, 1.165) is 48.9 Å². The van der Waals surface area contributed by atoms with Gasteiger partial charge in [-0.25, -0.2) is 4.98 Å². The second-order valence-corrected chi connectivity index (χ2v) is 10.7. The van der Waals surface area contributed by atoms with E-state index < -0.39 is 0 Å². The highest BCUT2D eigenvalue weighted by molar-refractivity contribution is 8.00. The molecule has 1 aliphatic carbocycles. The highest BCUT2D eigenvalue weighted by Gasteiger charge is 2.26. The minimum Gasteiger partial charge on any atom is -0.376 e. The van der Waals surface area contributed by atoms with E-state index in [1.165, 1.54) is 28.6 Å². The largest absolute Gasteiger partial charge is 0.376 e. The number of fused-ring (bicyclic) bond motifs is 3. The number of aryl methyl sites for hydroxylation is 2. The van der Waals surface area contributed by atoms with Crippen molar-refractivity contribution in [1.29, 1.82) is 0 Å². The summed E-state index contributed by atoms with van der Waals surface area (Å²) in [6.07, 6.45) is 6.34. The van der Waals surface area contributed by atoms with E-state index in [2.05, 4.69) is 5.32 Å². The zero-order valence-corrected chi connectivity index (χ0v) is 19.0. The van der Waals surface area contributed by atoms with Crippen molar-refractivity contribution < 1.29 is 9.53 Å². The maximum atomic E-state index is 13.6. The molecule has 1 aliphatic heterocycles. The van der Waals surface area contributed by atoms with E-state index in [1.54, 1.807) is 15.9 Å². The second-order valence-electron chi connectivity index (χ2n) is 8.26. The topological polar surface area (TPSA) is 73.2 Å². The number of nitrogens with one attached hydrogen (secondary N) is 1. The van der Waals surface area contributed by atoms with Crippen LogP contribution in [0.15, 0.2) is 9.95 Å². The summed E-state index contributed by atoms with van der Waals surface area (Å²) in [5.41, 5.74) is 1.24. The summed E-state index contributed by atoms with van der Waals surface area (Å²) >= 11 is 3.03. The van der Waals surface area contributed by atoms with E-state index in [1.807, 2.05) is 20.8 Å². The van der Waals surface area contributed by atoms with E-state index >= 15 is 0 Å². The summed E-state index contributed by atoms with van der Waals surface area (Å²) in [4.78, 5) is 33.0. The summed E-state index contributed by atoms with van der Waals surface area (Å²) in [6.45, 7) is 7.02. The van der Waals surface area contributed by atoms with Gasteiger partial charge < -0.3 is 10.1 Å². The molecular weight excluding hydrogens is 406 g/mol. The molecule has 2 aromatic heterocycles. The van der Waals surface area contributed by atoms with Gasteiger partial charge in [-0.15, -0.1) is 11.3 Å². The minimum absolute atomic E-state index is 0.0314. The molecule has 4 rings (SSSR count).